The summed E-state index contributed by atoms with van der Waals surface area (Å²) in [6, 6.07) is 0. The normalized spacial score (nSPS) is 13.0. The Kier molecular flexibility index (Phi) is 50.5. The molecule has 0 amide bonds. The summed E-state index contributed by atoms with van der Waals surface area (Å²) in [4.78, 5) is 38.0. The van der Waals surface area contributed by atoms with Crippen LogP contribution in [0.15, 0.2) is 109 Å². The van der Waals surface area contributed by atoms with Crippen molar-refractivity contribution in [3.8, 4) is 0 Å². The minimum absolute atomic E-state index is 0.101. The molecule has 0 spiro atoms. The highest BCUT2D eigenvalue weighted by molar-refractivity contribution is 5.71. The highest BCUT2D eigenvalue weighted by Crippen LogP contribution is 2.13. The van der Waals surface area contributed by atoms with Crippen LogP contribution in [0.1, 0.15) is 233 Å². The van der Waals surface area contributed by atoms with Gasteiger partial charge in [-0.15, -0.1) is 0 Å². The van der Waals surface area contributed by atoms with Crippen LogP contribution >= 0.6 is 0 Å². The monoisotopic (exact) mass is 915 g/mol. The van der Waals surface area contributed by atoms with Crippen molar-refractivity contribution in [3.05, 3.63) is 109 Å². The quantitative estimate of drug-likeness (QED) is 0.0262. The molecule has 6 heteroatoms. The number of carbonyl (C=O) groups is 3. The third kappa shape index (κ3) is 51.1. The molecule has 66 heavy (non-hydrogen) atoms. The number of rotatable bonds is 47. The second-order valence-electron chi connectivity index (χ2n) is 17.4. The zero-order chi connectivity index (χ0) is 47.9. The minimum atomic E-state index is -0.804. The summed E-state index contributed by atoms with van der Waals surface area (Å²) in [5.74, 6) is -0.961. The van der Waals surface area contributed by atoms with Crippen LogP contribution in [0.25, 0.3) is 0 Å². The Bertz CT molecular complexity index is 1370. The van der Waals surface area contributed by atoms with E-state index in [1.807, 2.05) is 0 Å². The number of unbranched alkanes of at least 4 members (excludes halogenated alkanes) is 18. The molecule has 0 aliphatic carbocycles. The summed E-state index contributed by atoms with van der Waals surface area (Å²) in [5, 5.41) is 0. The summed E-state index contributed by atoms with van der Waals surface area (Å²) < 4.78 is 16.8. The fourth-order valence-electron chi connectivity index (χ4n) is 6.95. The molecule has 0 aromatic rings. The predicted octanol–water partition coefficient (Wildman–Crippen LogP) is 17.9. The molecule has 1 atom stereocenters. The molecule has 0 heterocycles. The second kappa shape index (κ2) is 53.7. The van der Waals surface area contributed by atoms with Gasteiger partial charge in [0.2, 0.25) is 0 Å². The summed E-state index contributed by atoms with van der Waals surface area (Å²) in [6.45, 7) is 6.38. The van der Waals surface area contributed by atoms with Gasteiger partial charge in [-0.2, -0.15) is 0 Å². The van der Waals surface area contributed by atoms with E-state index in [0.717, 1.165) is 141 Å². The standard InChI is InChI=1S/C60H98O6/c1-4-7-10-13-16-19-22-24-26-28-30-32-34-36-38-41-44-47-50-53-59(62)65-56-57(55-64-58(61)52-49-46-43-40-21-18-15-12-9-6-3)66-60(63)54-51-48-45-42-39-37-35-33-31-29-27-25-23-20-17-14-11-8-5-2/h7,10,12,15-17,19-20,24-27,30-33,36,38,57H,4-6,8-9,11,13-14,18,21-23,28-29,34-35,37,39-56H2,1-3H3/b10-7-,15-12-,19-16-,20-17-,26-24-,27-25-,32-30-,33-31-,38-36-. The highest BCUT2D eigenvalue weighted by atomic mass is 16.6. The van der Waals surface area contributed by atoms with Gasteiger partial charge in [0.15, 0.2) is 6.10 Å². The van der Waals surface area contributed by atoms with Crippen molar-refractivity contribution in [2.75, 3.05) is 13.2 Å². The fraction of sp³-hybridized carbons (Fsp3) is 0.650. The van der Waals surface area contributed by atoms with Gasteiger partial charge in [-0.3, -0.25) is 14.4 Å². The van der Waals surface area contributed by atoms with Gasteiger partial charge in [0.05, 0.1) is 0 Å². The average Bonchev–Trinajstić information content (AvgIpc) is 3.31. The van der Waals surface area contributed by atoms with Crippen molar-refractivity contribution < 1.29 is 28.6 Å². The van der Waals surface area contributed by atoms with Gasteiger partial charge in [0.25, 0.3) is 0 Å². The van der Waals surface area contributed by atoms with E-state index in [1.165, 1.54) is 51.4 Å². The van der Waals surface area contributed by atoms with Crippen LogP contribution in [0.3, 0.4) is 0 Å². The third-order valence-electron chi connectivity index (χ3n) is 11.0. The van der Waals surface area contributed by atoms with Crippen LogP contribution in [0, 0.1) is 0 Å². The van der Waals surface area contributed by atoms with E-state index in [-0.39, 0.29) is 31.1 Å². The average molecular weight is 915 g/mol. The Morgan fingerprint density at radius 3 is 1.02 bits per heavy atom. The lowest BCUT2D eigenvalue weighted by Crippen LogP contribution is -2.30. The lowest BCUT2D eigenvalue weighted by atomic mass is 10.1. The molecule has 0 aromatic heterocycles. The van der Waals surface area contributed by atoms with Gasteiger partial charge >= 0.3 is 17.9 Å². The first-order valence-electron chi connectivity index (χ1n) is 26.9. The van der Waals surface area contributed by atoms with Gasteiger partial charge in [0, 0.05) is 19.3 Å². The fourth-order valence-corrected chi connectivity index (χ4v) is 6.95. The molecular weight excluding hydrogens is 817 g/mol. The summed E-state index contributed by atoms with van der Waals surface area (Å²) in [7, 11) is 0. The molecule has 0 radical (unpaired) electrons. The van der Waals surface area contributed by atoms with Crippen molar-refractivity contribution >= 4 is 17.9 Å². The SMILES string of the molecule is CC/C=C\C/C=C\C/C=C\C/C=C\C/C=C\CCCCCC(=O)OCC(COC(=O)CCCCCCC/C=C\CCC)OC(=O)CCCCCCCC/C=C\C/C=C\C/C=C\CCCCC. The molecule has 0 N–H and O–H groups in total. The smallest absolute Gasteiger partial charge is 0.306 e. The second-order valence-corrected chi connectivity index (χ2v) is 17.4. The van der Waals surface area contributed by atoms with E-state index in [9.17, 15) is 14.4 Å². The number of hydrogen-bond donors (Lipinski definition) is 0. The molecule has 0 aromatic carbocycles. The van der Waals surface area contributed by atoms with E-state index in [4.69, 9.17) is 14.2 Å². The minimum Gasteiger partial charge on any atom is -0.462 e. The lowest BCUT2D eigenvalue weighted by molar-refractivity contribution is -0.167. The largest absolute Gasteiger partial charge is 0.462 e. The molecule has 0 saturated heterocycles. The lowest BCUT2D eigenvalue weighted by Gasteiger charge is -2.18. The van der Waals surface area contributed by atoms with E-state index in [1.54, 1.807) is 0 Å². The Labute approximate surface area is 406 Å². The Morgan fingerprint density at radius 2 is 0.621 bits per heavy atom. The van der Waals surface area contributed by atoms with Gasteiger partial charge in [0.1, 0.15) is 13.2 Å². The van der Waals surface area contributed by atoms with Crippen molar-refractivity contribution in [3.63, 3.8) is 0 Å². The number of esters is 3. The third-order valence-corrected chi connectivity index (χ3v) is 11.0. The summed E-state index contributed by atoms with van der Waals surface area (Å²) in [5.41, 5.74) is 0. The first-order valence-corrected chi connectivity index (χ1v) is 26.9. The van der Waals surface area contributed by atoms with Crippen molar-refractivity contribution in [2.24, 2.45) is 0 Å². The Morgan fingerprint density at radius 1 is 0.318 bits per heavy atom. The van der Waals surface area contributed by atoms with Gasteiger partial charge in [-0.05, 0) is 122 Å². The molecule has 0 bridgehead atoms. The number of allylic oxidation sites excluding steroid dienone is 18. The molecule has 374 valence electrons. The zero-order valence-corrected chi connectivity index (χ0v) is 42.7. The Balaban J connectivity index is 4.45. The van der Waals surface area contributed by atoms with Crippen LogP contribution in [0.5, 0.6) is 0 Å². The molecule has 0 rings (SSSR count). The molecule has 0 fully saturated rings. The number of ether oxygens (including phenoxy) is 3. The zero-order valence-electron chi connectivity index (χ0n) is 42.7. The number of hydrogen-bond acceptors (Lipinski definition) is 6. The highest BCUT2D eigenvalue weighted by Gasteiger charge is 2.19. The Hall–Kier alpha value is -3.93. The van der Waals surface area contributed by atoms with E-state index in [0.29, 0.717) is 19.3 Å². The maximum Gasteiger partial charge on any atom is 0.306 e. The molecule has 0 aliphatic heterocycles. The number of carbonyl (C=O) groups excluding carboxylic acids is 3. The van der Waals surface area contributed by atoms with E-state index >= 15 is 0 Å². The first-order chi connectivity index (χ1) is 32.5. The van der Waals surface area contributed by atoms with Gasteiger partial charge in [-0.1, -0.05) is 201 Å². The van der Waals surface area contributed by atoms with Crippen molar-refractivity contribution in [1.29, 1.82) is 0 Å². The summed E-state index contributed by atoms with van der Waals surface area (Å²) >= 11 is 0. The van der Waals surface area contributed by atoms with Crippen LogP contribution in [0.2, 0.25) is 0 Å². The van der Waals surface area contributed by atoms with E-state index < -0.39 is 6.10 Å². The van der Waals surface area contributed by atoms with Crippen LogP contribution in [0.4, 0.5) is 0 Å². The molecular formula is C60H98O6. The maximum atomic E-state index is 12.8. The molecule has 6 nitrogen and oxygen atoms in total. The topological polar surface area (TPSA) is 78.9 Å². The van der Waals surface area contributed by atoms with E-state index in [2.05, 4.69) is 130 Å². The molecule has 0 aliphatic rings. The van der Waals surface area contributed by atoms with Crippen LogP contribution < -0.4 is 0 Å². The van der Waals surface area contributed by atoms with Crippen molar-refractivity contribution in [1.82, 2.24) is 0 Å². The first kappa shape index (κ1) is 62.1. The van der Waals surface area contributed by atoms with Crippen molar-refractivity contribution in [2.45, 2.75) is 239 Å². The predicted molar refractivity (Wildman–Crippen MR) is 283 cm³/mol. The molecule has 0 saturated carbocycles. The maximum absolute atomic E-state index is 12.8. The van der Waals surface area contributed by atoms with Gasteiger partial charge < -0.3 is 14.2 Å². The van der Waals surface area contributed by atoms with Crippen LogP contribution in [-0.2, 0) is 28.6 Å². The summed E-state index contributed by atoms with van der Waals surface area (Å²) in [6.07, 6.45) is 72.2. The van der Waals surface area contributed by atoms with Crippen LogP contribution in [-0.4, -0.2) is 37.2 Å². The van der Waals surface area contributed by atoms with Gasteiger partial charge in [-0.25, -0.2) is 0 Å². The molecule has 1 unspecified atom stereocenters.